The molecular formula is C24H31F3N6O4S. The second-order valence-corrected chi connectivity index (χ2v) is 12.1. The third-order valence-electron chi connectivity index (χ3n) is 7.39. The minimum Gasteiger partial charge on any atom is -0.381 e. The first-order chi connectivity index (χ1) is 17.9. The topological polar surface area (TPSA) is 100 Å². The SMILES string of the molecule is C[C@H]1CN(Cc2ccc(C(F)(F)F)c(N3CC4COCC4C3)c2)CCN1C(=O)n1ccc(NS(C)(=O)=O)n1. The van der Waals surface area contributed by atoms with Crippen LogP contribution in [-0.2, 0) is 27.5 Å². The maximum Gasteiger partial charge on any atom is 0.418 e. The fraction of sp³-hybridized carbons (Fsp3) is 0.583. The summed E-state index contributed by atoms with van der Waals surface area (Å²) in [4.78, 5) is 18.6. The summed E-state index contributed by atoms with van der Waals surface area (Å²) in [5.41, 5.74) is 0.398. The van der Waals surface area contributed by atoms with Crippen LogP contribution in [0, 0.1) is 11.8 Å². The zero-order valence-electron chi connectivity index (χ0n) is 21.2. The number of nitrogens with zero attached hydrogens (tertiary/aromatic N) is 5. The van der Waals surface area contributed by atoms with Crippen molar-refractivity contribution >= 4 is 27.6 Å². The van der Waals surface area contributed by atoms with Crippen LogP contribution in [-0.4, -0.2) is 92.3 Å². The summed E-state index contributed by atoms with van der Waals surface area (Å²) in [6, 6.07) is 5.22. The highest BCUT2D eigenvalue weighted by molar-refractivity contribution is 7.92. The Morgan fingerprint density at radius 2 is 1.84 bits per heavy atom. The molecule has 208 valence electrons. The number of hydrogen-bond acceptors (Lipinski definition) is 7. The lowest BCUT2D eigenvalue weighted by Gasteiger charge is -2.39. The van der Waals surface area contributed by atoms with Gasteiger partial charge in [-0.3, -0.25) is 9.62 Å². The Labute approximate surface area is 219 Å². The van der Waals surface area contributed by atoms with Gasteiger partial charge in [0.1, 0.15) is 0 Å². The second-order valence-electron chi connectivity index (χ2n) is 10.4. The van der Waals surface area contributed by atoms with Gasteiger partial charge in [-0.15, -0.1) is 5.10 Å². The number of fused-ring (bicyclic) bond motifs is 1. The molecule has 1 aromatic heterocycles. The van der Waals surface area contributed by atoms with Gasteiger partial charge in [0.25, 0.3) is 0 Å². The van der Waals surface area contributed by atoms with Crippen LogP contribution < -0.4 is 9.62 Å². The number of benzene rings is 1. The van der Waals surface area contributed by atoms with Crippen molar-refractivity contribution in [3.05, 3.63) is 41.6 Å². The molecule has 0 aliphatic carbocycles. The molecule has 0 bridgehead atoms. The molecule has 1 N–H and O–H groups in total. The van der Waals surface area contributed by atoms with Crippen molar-refractivity contribution in [1.29, 1.82) is 0 Å². The largest absolute Gasteiger partial charge is 0.418 e. The van der Waals surface area contributed by atoms with E-state index in [1.165, 1.54) is 24.4 Å². The van der Waals surface area contributed by atoms with Crippen molar-refractivity contribution in [3.8, 4) is 0 Å². The summed E-state index contributed by atoms with van der Waals surface area (Å²) in [6.07, 6.45) is -2.04. The number of amides is 1. The van der Waals surface area contributed by atoms with Crippen molar-refractivity contribution in [2.45, 2.75) is 25.7 Å². The molecule has 3 atom stereocenters. The molecule has 2 aromatic rings. The van der Waals surface area contributed by atoms with E-state index in [2.05, 4.69) is 14.7 Å². The number of nitrogens with one attached hydrogen (secondary N) is 1. The highest BCUT2D eigenvalue weighted by Gasteiger charge is 2.41. The minimum atomic E-state index is -4.44. The van der Waals surface area contributed by atoms with E-state index in [1.807, 2.05) is 11.8 Å². The van der Waals surface area contributed by atoms with E-state index in [0.29, 0.717) is 52.5 Å². The maximum atomic E-state index is 13.8. The number of hydrogen-bond donors (Lipinski definition) is 1. The number of carbonyl (C=O) groups is 1. The number of halogens is 3. The standard InChI is InChI=1S/C24H31F3N6O4S/c1-16-10-30(7-8-32(16)23(34)33-6-5-22(28-33)29-38(2,35)36)11-17-3-4-20(24(25,26)27)21(9-17)31-12-18-14-37-15-19(18)13-31/h3-6,9,16,18-19H,7-8,10-15H2,1-2H3,(H,28,29)/t16-,18?,19?/m0/s1. The minimum absolute atomic E-state index is 0.0550. The van der Waals surface area contributed by atoms with E-state index in [0.717, 1.165) is 16.5 Å². The summed E-state index contributed by atoms with van der Waals surface area (Å²) >= 11 is 0. The van der Waals surface area contributed by atoms with Crippen LogP contribution in [0.3, 0.4) is 0 Å². The van der Waals surface area contributed by atoms with Crippen molar-refractivity contribution in [2.75, 3.05) is 61.8 Å². The Bertz CT molecular complexity index is 1290. The Morgan fingerprint density at radius 3 is 2.47 bits per heavy atom. The summed E-state index contributed by atoms with van der Waals surface area (Å²) < 4.78 is 73.1. The number of carbonyl (C=O) groups excluding carboxylic acids is 1. The third kappa shape index (κ3) is 5.76. The first-order valence-corrected chi connectivity index (χ1v) is 14.4. The third-order valence-corrected chi connectivity index (χ3v) is 7.97. The van der Waals surface area contributed by atoms with E-state index in [9.17, 15) is 26.4 Å². The van der Waals surface area contributed by atoms with E-state index < -0.39 is 21.8 Å². The van der Waals surface area contributed by atoms with Crippen LogP contribution in [0.25, 0.3) is 0 Å². The van der Waals surface area contributed by atoms with Gasteiger partial charge < -0.3 is 14.5 Å². The van der Waals surface area contributed by atoms with Crippen LogP contribution in [0.2, 0.25) is 0 Å². The van der Waals surface area contributed by atoms with Crippen LogP contribution in [0.15, 0.2) is 30.5 Å². The highest BCUT2D eigenvalue weighted by atomic mass is 32.2. The van der Waals surface area contributed by atoms with Gasteiger partial charge in [-0.25, -0.2) is 13.2 Å². The fourth-order valence-corrected chi connectivity index (χ4v) is 6.08. The Hall–Kier alpha value is -2.84. The predicted molar refractivity (Wildman–Crippen MR) is 134 cm³/mol. The van der Waals surface area contributed by atoms with E-state index in [4.69, 9.17) is 4.74 Å². The quantitative estimate of drug-likeness (QED) is 0.604. The molecule has 2 unspecified atom stereocenters. The molecule has 10 nitrogen and oxygen atoms in total. The summed E-state index contributed by atoms with van der Waals surface area (Å²) in [5.74, 6) is 0.581. The van der Waals surface area contributed by atoms with E-state index in [1.54, 1.807) is 11.0 Å². The van der Waals surface area contributed by atoms with Crippen LogP contribution >= 0.6 is 0 Å². The molecule has 14 heteroatoms. The number of piperazine rings is 1. The second kappa shape index (κ2) is 10.0. The molecule has 4 heterocycles. The number of aromatic nitrogens is 2. The molecule has 1 aromatic carbocycles. The van der Waals surface area contributed by atoms with Crippen LogP contribution in [0.5, 0.6) is 0 Å². The first-order valence-electron chi connectivity index (χ1n) is 12.5. The predicted octanol–water partition coefficient (Wildman–Crippen LogP) is 2.53. The maximum absolute atomic E-state index is 13.8. The zero-order valence-corrected chi connectivity index (χ0v) is 22.0. The van der Waals surface area contributed by atoms with Crippen LogP contribution in [0.1, 0.15) is 18.1 Å². The molecule has 1 amide bonds. The van der Waals surface area contributed by atoms with Gasteiger partial charge in [0.2, 0.25) is 10.0 Å². The van der Waals surface area contributed by atoms with Gasteiger partial charge in [-0.1, -0.05) is 6.07 Å². The monoisotopic (exact) mass is 556 g/mol. The van der Waals surface area contributed by atoms with Gasteiger partial charge in [0.05, 0.1) is 25.0 Å². The lowest BCUT2D eigenvalue weighted by molar-refractivity contribution is -0.137. The normalized spacial score (nSPS) is 24.6. The first kappa shape index (κ1) is 26.8. The molecule has 3 fully saturated rings. The van der Waals surface area contributed by atoms with Crippen LogP contribution in [0.4, 0.5) is 29.5 Å². The van der Waals surface area contributed by atoms with Gasteiger partial charge in [-0.05, 0) is 24.6 Å². The number of rotatable bonds is 5. The van der Waals surface area contributed by atoms with E-state index >= 15 is 0 Å². The number of sulfonamides is 1. The highest BCUT2D eigenvalue weighted by Crippen LogP contribution is 2.41. The molecule has 0 radical (unpaired) electrons. The molecule has 0 saturated carbocycles. The van der Waals surface area contributed by atoms with E-state index in [-0.39, 0.29) is 35.4 Å². The average molecular weight is 557 g/mol. The van der Waals surface area contributed by atoms with Crippen molar-refractivity contribution in [3.63, 3.8) is 0 Å². The lowest BCUT2D eigenvalue weighted by atomic mass is 10.0. The Balaban J connectivity index is 1.25. The van der Waals surface area contributed by atoms with Gasteiger partial charge in [-0.2, -0.15) is 17.9 Å². The summed E-state index contributed by atoms with van der Waals surface area (Å²) in [5, 5.41) is 4.01. The van der Waals surface area contributed by atoms with Gasteiger partial charge in [0.15, 0.2) is 5.82 Å². The van der Waals surface area contributed by atoms with Crippen molar-refractivity contribution in [2.24, 2.45) is 11.8 Å². The lowest BCUT2D eigenvalue weighted by Crippen LogP contribution is -2.54. The zero-order chi connectivity index (χ0) is 27.2. The van der Waals surface area contributed by atoms with Crippen molar-refractivity contribution in [1.82, 2.24) is 19.6 Å². The smallest absolute Gasteiger partial charge is 0.381 e. The molecule has 3 aliphatic rings. The van der Waals surface area contributed by atoms with Gasteiger partial charge >= 0.3 is 12.2 Å². The summed E-state index contributed by atoms with van der Waals surface area (Å²) in [6.45, 7) is 6.13. The molecule has 38 heavy (non-hydrogen) atoms. The van der Waals surface area contributed by atoms with Crippen molar-refractivity contribution < 1.29 is 31.1 Å². The average Bonchev–Trinajstić information content (AvgIpc) is 3.53. The Kier molecular flexibility index (Phi) is 7.07. The Morgan fingerprint density at radius 1 is 1.13 bits per heavy atom. The number of alkyl halides is 3. The molecule has 3 aliphatic heterocycles. The number of anilines is 2. The molecule has 5 rings (SSSR count). The van der Waals surface area contributed by atoms with Gasteiger partial charge in [0, 0.05) is 75.1 Å². The summed E-state index contributed by atoms with van der Waals surface area (Å²) in [7, 11) is -3.51. The molecule has 3 saturated heterocycles. The molecular weight excluding hydrogens is 525 g/mol. The number of ether oxygens (including phenoxy) is 1. The molecule has 0 spiro atoms. The fourth-order valence-electron chi connectivity index (χ4n) is 5.59.